The first-order valence-electron chi connectivity index (χ1n) is 6.96. The lowest BCUT2D eigenvalue weighted by molar-refractivity contribution is 0.267. The van der Waals surface area contributed by atoms with E-state index in [0.29, 0.717) is 24.7 Å². The second kappa shape index (κ2) is 8.03. The van der Waals surface area contributed by atoms with Crippen LogP contribution in [-0.2, 0) is 6.61 Å². The van der Waals surface area contributed by atoms with E-state index in [-0.39, 0.29) is 0 Å². The molecule has 2 aromatic carbocycles. The van der Waals surface area contributed by atoms with Crippen molar-refractivity contribution in [1.29, 1.82) is 0 Å². The molecule has 2 aromatic rings. The first kappa shape index (κ1) is 16.6. The molecule has 5 heteroatoms. The second-order valence-electron chi connectivity index (χ2n) is 4.72. The number of ether oxygens (including phenoxy) is 2. The third-order valence-corrected chi connectivity index (χ3v) is 3.97. The molecule has 2 rings (SSSR count). The molecule has 0 saturated carbocycles. The maximum Gasteiger partial charge on any atom is 0.175 e. The van der Waals surface area contributed by atoms with Crippen LogP contribution in [0.15, 0.2) is 41.6 Å². The van der Waals surface area contributed by atoms with Crippen LogP contribution in [0.1, 0.15) is 23.6 Å². The highest BCUT2D eigenvalue weighted by Crippen LogP contribution is 2.34. The van der Waals surface area contributed by atoms with Crippen LogP contribution in [0.25, 0.3) is 0 Å². The van der Waals surface area contributed by atoms with E-state index in [2.05, 4.69) is 46.8 Å². The van der Waals surface area contributed by atoms with Gasteiger partial charge in [0.2, 0.25) is 0 Å². The molecule has 0 aliphatic rings. The Balaban J connectivity index is 2.27. The Kier molecular flexibility index (Phi) is 6.06. The third-order valence-electron chi connectivity index (χ3n) is 3.17. The molecule has 0 amide bonds. The molecule has 1 N–H and O–H groups in total. The predicted octanol–water partition coefficient (Wildman–Crippen LogP) is 4.39. The van der Waals surface area contributed by atoms with Crippen LogP contribution in [-0.4, -0.2) is 18.0 Å². The minimum Gasteiger partial charge on any atom is -0.490 e. The van der Waals surface area contributed by atoms with Crippen LogP contribution in [0.3, 0.4) is 0 Å². The summed E-state index contributed by atoms with van der Waals surface area (Å²) < 4.78 is 12.5. The normalized spacial score (nSPS) is 10.9. The van der Waals surface area contributed by atoms with Gasteiger partial charge in [-0.2, -0.15) is 0 Å². The van der Waals surface area contributed by atoms with Crippen LogP contribution in [0.2, 0.25) is 0 Å². The van der Waals surface area contributed by atoms with E-state index in [0.717, 1.165) is 14.7 Å². The fourth-order valence-corrected chi connectivity index (χ4v) is 2.84. The van der Waals surface area contributed by atoms with Gasteiger partial charge in [0.1, 0.15) is 6.61 Å². The van der Waals surface area contributed by atoms with Crippen LogP contribution >= 0.6 is 22.6 Å². The molecular formula is C17H18INO3. The summed E-state index contributed by atoms with van der Waals surface area (Å²) in [5, 5.41) is 11.7. The standard InChI is InChI=1S/C17H18INO3/c1-3-21-16-9-13(10-19-20)8-15(18)17(16)22-11-14-7-5-4-6-12(14)2/h4-10,20H,3,11H2,1-2H3/b19-10-. The van der Waals surface area contributed by atoms with Gasteiger partial charge in [-0.3, -0.25) is 0 Å². The number of benzene rings is 2. The first-order valence-corrected chi connectivity index (χ1v) is 8.04. The molecule has 0 aromatic heterocycles. The Bertz CT molecular complexity index is 671. The Morgan fingerprint density at radius 3 is 2.68 bits per heavy atom. The minimum atomic E-state index is 0.482. The highest BCUT2D eigenvalue weighted by atomic mass is 127. The summed E-state index contributed by atoms with van der Waals surface area (Å²) in [6, 6.07) is 11.8. The van der Waals surface area contributed by atoms with E-state index in [1.165, 1.54) is 11.8 Å². The maximum atomic E-state index is 8.68. The van der Waals surface area contributed by atoms with Gasteiger partial charge in [0.15, 0.2) is 11.5 Å². The largest absolute Gasteiger partial charge is 0.490 e. The van der Waals surface area contributed by atoms with Crippen LogP contribution < -0.4 is 9.47 Å². The fourth-order valence-electron chi connectivity index (χ4n) is 2.05. The molecular weight excluding hydrogens is 393 g/mol. The summed E-state index contributed by atoms with van der Waals surface area (Å²) in [6.45, 7) is 5.01. The Labute approximate surface area is 143 Å². The number of hydrogen-bond donors (Lipinski definition) is 1. The Hall–Kier alpha value is -1.76. The van der Waals surface area contributed by atoms with E-state index in [9.17, 15) is 0 Å². The van der Waals surface area contributed by atoms with Gasteiger partial charge in [0.05, 0.1) is 16.4 Å². The van der Waals surface area contributed by atoms with Crippen LogP contribution in [0.5, 0.6) is 11.5 Å². The third kappa shape index (κ3) is 4.13. The van der Waals surface area contributed by atoms with Gasteiger partial charge in [0.25, 0.3) is 0 Å². The van der Waals surface area contributed by atoms with Crippen molar-refractivity contribution >= 4 is 28.8 Å². The molecule has 0 heterocycles. The number of aryl methyl sites for hydroxylation is 1. The average molecular weight is 411 g/mol. The zero-order valence-electron chi connectivity index (χ0n) is 12.5. The van der Waals surface area contributed by atoms with Crippen molar-refractivity contribution in [2.45, 2.75) is 20.5 Å². The highest BCUT2D eigenvalue weighted by Gasteiger charge is 2.12. The van der Waals surface area contributed by atoms with Crippen LogP contribution in [0, 0.1) is 10.5 Å². The molecule has 0 fully saturated rings. The van der Waals surface area contributed by atoms with Crippen molar-refractivity contribution in [3.63, 3.8) is 0 Å². The van der Waals surface area contributed by atoms with Crippen LogP contribution in [0.4, 0.5) is 0 Å². The molecule has 0 bridgehead atoms. The average Bonchev–Trinajstić information content (AvgIpc) is 2.49. The predicted molar refractivity (Wildman–Crippen MR) is 95.2 cm³/mol. The number of oxime groups is 1. The van der Waals surface area contributed by atoms with E-state index >= 15 is 0 Å². The highest BCUT2D eigenvalue weighted by molar-refractivity contribution is 14.1. The molecule has 0 aliphatic carbocycles. The zero-order valence-corrected chi connectivity index (χ0v) is 14.7. The van der Waals surface area contributed by atoms with Crippen molar-refractivity contribution in [3.05, 3.63) is 56.7 Å². The van der Waals surface area contributed by atoms with Crippen molar-refractivity contribution < 1.29 is 14.7 Å². The second-order valence-corrected chi connectivity index (χ2v) is 5.88. The number of rotatable bonds is 6. The van der Waals surface area contributed by atoms with Gasteiger partial charge in [-0.15, -0.1) is 0 Å². The van der Waals surface area contributed by atoms with Crippen molar-refractivity contribution in [1.82, 2.24) is 0 Å². The summed E-state index contributed by atoms with van der Waals surface area (Å²) in [7, 11) is 0. The van der Waals surface area contributed by atoms with E-state index in [4.69, 9.17) is 14.7 Å². The smallest absolute Gasteiger partial charge is 0.175 e. The fraction of sp³-hybridized carbons (Fsp3) is 0.235. The molecule has 0 aliphatic heterocycles. The number of hydrogen-bond acceptors (Lipinski definition) is 4. The first-order chi connectivity index (χ1) is 10.7. The Morgan fingerprint density at radius 1 is 1.23 bits per heavy atom. The van der Waals surface area contributed by atoms with Gasteiger partial charge in [0, 0.05) is 5.56 Å². The quantitative estimate of drug-likeness (QED) is 0.332. The van der Waals surface area contributed by atoms with Crippen molar-refractivity contribution in [2.24, 2.45) is 5.16 Å². The van der Waals surface area contributed by atoms with Gasteiger partial charge in [-0.25, -0.2) is 0 Å². The van der Waals surface area contributed by atoms with Gasteiger partial charge in [-0.1, -0.05) is 29.4 Å². The van der Waals surface area contributed by atoms with E-state index in [1.807, 2.05) is 25.1 Å². The molecule has 4 nitrogen and oxygen atoms in total. The number of nitrogens with zero attached hydrogens (tertiary/aromatic N) is 1. The summed E-state index contributed by atoms with van der Waals surface area (Å²) in [4.78, 5) is 0. The SMILES string of the molecule is CCOc1cc(/C=N\O)cc(I)c1OCc1ccccc1C. The molecule has 0 radical (unpaired) electrons. The topological polar surface area (TPSA) is 51.0 Å². The van der Waals surface area contributed by atoms with Crippen molar-refractivity contribution in [3.8, 4) is 11.5 Å². The van der Waals surface area contributed by atoms with E-state index < -0.39 is 0 Å². The minimum absolute atomic E-state index is 0.482. The van der Waals surface area contributed by atoms with Crippen molar-refractivity contribution in [2.75, 3.05) is 6.61 Å². The summed E-state index contributed by atoms with van der Waals surface area (Å²) in [5.74, 6) is 1.36. The van der Waals surface area contributed by atoms with Gasteiger partial charge >= 0.3 is 0 Å². The lowest BCUT2D eigenvalue weighted by atomic mass is 10.1. The lowest BCUT2D eigenvalue weighted by Gasteiger charge is -2.15. The molecule has 116 valence electrons. The zero-order chi connectivity index (χ0) is 15.9. The molecule has 0 atom stereocenters. The van der Waals surface area contributed by atoms with Gasteiger partial charge in [-0.05, 0) is 59.7 Å². The molecule has 0 saturated heterocycles. The monoisotopic (exact) mass is 411 g/mol. The summed E-state index contributed by atoms with van der Waals surface area (Å²) in [6.07, 6.45) is 1.37. The summed E-state index contributed by atoms with van der Waals surface area (Å²) in [5.41, 5.74) is 3.10. The van der Waals surface area contributed by atoms with Gasteiger partial charge < -0.3 is 14.7 Å². The molecule has 0 unspecified atom stereocenters. The maximum absolute atomic E-state index is 8.68. The molecule has 0 spiro atoms. The lowest BCUT2D eigenvalue weighted by Crippen LogP contribution is -2.03. The Morgan fingerprint density at radius 2 is 2.00 bits per heavy atom. The number of halogens is 1. The summed E-state index contributed by atoms with van der Waals surface area (Å²) >= 11 is 2.19. The van der Waals surface area contributed by atoms with E-state index in [1.54, 1.807) is 6.07 Å². The molecule has 22 heavy (non-hydrogen) atoms.